The van der Waals surface area contributed by atoms with Gasteiger partial charge < -0.3 is 0 Å². The fraction of sp³-hybridized carbons (Fsp3) is 0.111. The van der Waals surface area contributed by atoms with Crippen LogP contribution in [0.15, 0.2) is 17.5 Å². The molecule has 74 valence electrons. The lowest BCUT2D eigenvalue weighted by molar-refractivity contribution is 0.153. The quantitative estimate of drug-likeness (QED) is 0.550. The van der Waals surface area contributed by atoms with Crippen molar-refractivity contribution in [2.75, 3.05) is 0 Å². The van der Waals surface area contributed by atoms with E-state index < -0.39 is 6.43 Å². The first kappa shape index (κ1) is 11.0. The standard InChI is InChI=1S/C9H4F2I2S/c10-9(11)4-1-2-5(12)7-6(13)3-14-8(4)7/h1-3,9H. The normalized spacial score (nSPS) is 11.5. The molecule has 0 saturated heterocycles. The van der Waals surface area contributed by atoms with Gasteiger partial charge in [0.15, 0.2) is 0 Å². The fourth-order valence-corrected chi connectivity index (χ4v) is 4.80. The molecule has 0 spiro atoms. The summed E-state index contributed by atoms with van der Waals surface area (Å²) in [6.07, 6.45) is -2.39. The summed E-state index contributed by atoms with van der Waals surface area (Å²) < 4.78 is 28.1. The second kappa shape index (κ2) is 4.17. The van der Waals surface area contributed by atoms with Gasteiger partial charge in [0.05, 0.1) is 0 Å². The van der Waals surface area contributed by atoms with Crippen LogP contribution in [0.5, 0.6) is 0 Å². The monoisotopic (exact) mass is 436 g/mol. The van der Waals surface area contributed by atoms with Crippen LogP contribution in [-0.4, -0.2) is 0 Å². The van der Waals surface area contributed by atoms with E-state index in [0.29, 0.717) is 0 Å². The summed E-state index contributed by atoms with van der Waals surface area (Å²) in [5, 5.41) is 2.88. The van der Waals surface area contributed by atoms with Crippen molar-refractivity contribution in [3.8, 4) is 0 Å². The molecule has 0 unspecified atom stereocenters. The van der Waals surface area contributed by atoms with Gasteiger partial charge in [-0.25, -0.2) is 8.78 Å². The Morgan fingerprint density at radius 1 is 1.14 bits per heavy atom. The lowest BCUT2D eigenvalue weighted by Crippen LogP contribution is -1.86. The van der Waals surface area contributed by atoms with Crippen molar-refractivity contribution in [2.24, 2.45) is 0 Å². The van der Waals surface area contributed by atoms with Gasteiger partial charge in [-0.1, -0.05) is 6.07 Å². The zero-order valence-electron chi connectivity index (χ0n) is 6.73. The molecular weight excluding hydrogens is 432 g/mol. The smallest absolute Gasteiger partial charge is 0.205 e. The van der Waals surface area contributed by atoms with E-state index in [-0.39, 0.29) is 5.56 Å². The first-order valence-electron chi connectivity index (χ1n) is 3.74. The first-order chi connectivity index (χ1) is 6.61. The van der Waals surface area contributed by atoms with Crippen LogP contribution in [0, 0.1) is 7.14 Å². The van der Waals surface area contributed by atoms with Crippen LogP contribution in [0.4, 0.5) is 8.78 Å². The Morgan fingerprint density at radius 3 is 2.50 bits per heavy atom. The molecule has 0 atom stereocenters. The molecule has 0 aliphatic heterocycles. The second-order valence-corrected chi connectivity index (χ2v) is 5.93. The molecular formula is C9H4F2I2S. The molecule has 2 rings (SSSR count). The molecule has 0 aliphatic rings. The van der Waals surface area contributed by atoms with Crippen molar-refractivity contribution in [3.05, 3.63) is 30.2 Å². The Bertz CT molecular complexity index is 479. The number of alkyl halides is 2. The molecule has 14 heavy (non-hydrogen) atoms. The van der Waals surface area contributed by atoms with Crippen LogP contribution in [0.1, 0.15) is 12.0 Å². The van der Waals surface area contributed by atoms with Crippen LogP contribution in [0.3, 0.4) is 0 Å². The molecule has 0 nitrogen and oxygen atoms in total. The van der Waals surface area contributed by atoms with Gasteiger partial charge in [0.2, 0.25) is 0 Å². The third kappa shape index (κ3) is 1.78. The largest absolute Gasteiger partial charge is 0.265 e. The summed E-state index contributed by atoms with van der Waals surface area (Å²) >= 11 is 5.75. The lowest BCUT2D eigenvalue weighted by Gasteiger charge is -2.02. The molecule has 0 fully saturated rings. The van der Waals surface area contributed by atoms with Crippen LogP contribution >= 0.6 is 56.5 Å². The van der Waals surface area contributed by atoms with Gasteiger partial charge in [-0.3, -0.25) is 0 Å². The molecule has 1 aromatic heterocycles. The van der Waals surface area contributed by atoms with Gasteiger partial charge in [0.1, 0.15) is 0 Å². The van der Waals surface area contributed by atoms with Gasteiger partial charge in [0.25, 0.3) is 6.43 Å². The number of fused-ring (bicyclic) bond motifs is 1. The lowest BCUT2D eigenvalue weighted by atomic mass is 10.2. The highest BCUT2D eigenvalue weighted by molar-refractivity contribution is 14.1. The van der Waals surface area contributed by atoms with Crippen molar-refractivity contribution >= 4 is 66.6 Å². The summed E-state index contributed by atoms with van der Waals surface area (Å²) in [6, 6.07) is 3.26. The maximum absolute atomic E-state index is 12.6. The van der Waals surface area contributed by atoms with Gasteiger partial charge in [-0.2, -0.15) is 0 Å². The summed E-state index contributed by atoms with van der Waals surface area (Å²) in [6.45, 7) is 0. The van der Waals surface area contributed by atoms with E-state index in [1.54, 1.807) is 6.07 Å². The molecule has 0 aliphatic carbocycles. The average molecular weight is 436 g/mol. The molecule has 0 radical (unpaired) electrons. The van der Waals surface area contributed by atoms with E-state index in [2.05, 4.69) is 45.2 Å². The number of hydrogen-bond acceptors (Lipinski definition) is 1. The van der Waals surface area contributed by atoms with E-state index in [9.17, 15) is 8.78 Å². The number of rotatable bonds is 1. The van der Waals surface area contributed by atoms with Crippen LogP contribution < -0.4 is 0 Å². The zero-order chi connectivity index (χ0) is 10.3. The zero-order valence-corrected chi connectivity index (χ0v) is 11.9. The van der Waals surface area contributed by atoms with Crippen molar-refractivity contribution < 1.29 is 8.78 Å². The third-order valence-electron chi connectivity index (χ3n) is 1.89. The highest BCUT2D eigenvalue weighted by Gasteiger charge is 2.15. The van der Waals surface area contributed by atoms with Gasteiger partial charge in [-0.05, 0) is 51.2 Å². The van der Waals surface area contributed by atoms with E-state index >= 15 is 0 Å². The average Bonchev–Trinajstić information content (AvgIpc) is 2.49. The number of benzene rings is 1. The maximum atomic E-state index is 12.6. The van der Waals surface area contributed by atoms with Crippen LogP contribution in [0.25, 0.3) is 10.1 Å². The maximum Gasteiger partial charge on any atom is 0.265 e. The molecule has 0 bridgehead atoms. The first-order valence-corrected chi connectivity index (χ1v) is 6.78. The van der Waals surface area contributed by atoms with Crippen molar-refractivity contribution in [1.82, 2.24) is 0 Å². The molecule has 1 aromatic carbocycles. The molecule has 5 heteroatoms. The van der Waals surface area contributed by atoms with E-state index in [1.807, 2.05) is 5.38 Å². The van der Waals surface area contributed by atoms with Crippen molar-refractivity contribution in [3.63, 3.8) is 0 Å². The van der Waals surface area contributed by atoms with Gasteiger partial charge >= 0.3 is 0 Å². The number of thiophene rings is 1. The molecule has 0 saturated carbocycles. The summed E-state index contributed by atoms with van der Waals surface area (Å²) in [4.78, 5) is 0. The minimum absolute atomic E-state index is 0.147. The van der Waals surface area contributed by atoms with Crippen LogP contribution in [0.2, 0.25) is 0 Å². The Labute approximate surface area is 111 Å². The topological polar surface area (TPSA) is 0 Å². The Balaban J connectivity index is 2.83. The van der Waals surface area contributed by atoms with Crippen molar-refractivity contribution in [2.45, 2.75) is 6.43 Å². The van der Waals surface area contributed by atoms with Gasteiger partial charge in [-0.15, -0.1) is 11.3 Å². The predicted molar refractivity (Wildman–Crippen MR) is 72.2 cm³/mol. The molecule has 1 heterocycles. The van der Waals surface area contributed by atoms with Crippen LogP contribution in [-0.2, 0) is 0 Å². The number of hydrogen-bond donors (Lipinski definition) is 0. The highest BCUT2D eigenvalue weighted by atomic mass is 127. The van der Waals surface area contributed by atoms with Gasteiger partial charge in [0, 0.05) is 28.2 Å². The predicted octanol–water partition coefficient (Wildman–Crippen LogP) is 5.05. The minimum Gasteiger partial charge on any atom is -0.205 e. The molecule has 2 aromatic rings. The molecule has 0 N–H and O–H groups in total. The SMILES string of the molecule is FC(F)c1ccc(I)c2c(I)csc12. The fourth-order valence-electron chi connectivity index (χ4n) is 1.27. The van der Waals surface area contributed by atoms with E-state index in [1.165, 1.54) is 17.4 Å². The molecule has 0 amide bonds. The summed E-state index contributed by atoms with van der Waals surface area (Å²) in [5.41, 5.74) is 0.147. The Morgan fingerprint density at radius 2 is 1.86 bits per heavy atom. The minimum atomic E-state index is -2.39. The summed E-state index contributed by atoms with van der Waals surface area (Å²) in [7, 11) is 0. The second-order valence-electron chi connectivity index (χ2n) is 2.73. The third-order valence-corrected chi connectivity index (χ3v) is 5.09. The Kier molecular flexibility index (Phi) is 3.27. The number of halogens is 4. The highest BCUT2D eigenvalue weighted by Crippen LogP contribution is 2.37. The van der Waals surface area contributed by atoms with E-state index in [4.69, 9.17) is 0 Å². The Hall–Kier alpha value is 0.500. The summed E-state index contributed by atoms with van der Waals surface area (Å²) in [5.74, 6) is 0. The van der Waals surface area contributed by atoms with E-state index in [0.717, 1.165) is 17.2 Å². The van der Waals surface area contributed by atoms with Crippen molar-refractivity contribution in [1.29, 1.82) is 0 Å².